The van der Waals surface area contributed by atoms with Gasteiger partial charge in [-0.25, -0.2) is 14.8 Å². The zero-order valence-corrected chi connectivity index (χ0v) is 20.9. The van der Waals surface area contributed by atoms with Gasteiger partial charge in [0.25, 0.3) is 0 Å². The van der Waals surface area contributed by atoms with Gasteiger partial charge in [-0.3, -0.25) is 0 Å². The number of ether oxygens (including phenoxy) is 2. The van der Waals surface area contributed by atoms with Gasteiger partial charge < -0.3 is 9.47 Å². The average molecular weight is 476 g/mol. The van der Waals surface area contributed by atoms with Crippen molar-refractivity contribution < 1.29 is 9.47 Å². The van der Waals surface area contributed by atoms with Crippen LogP contribution in [0, 0.1) is 0 Å². The molecule has 0 aliphatic carbocycles. The van der Waals surface area contributed by atoms with Crippen molar-refractivity contribution in [1.29, 1.82) is 0 Å². The normalized spacial score (nSPS) is 11.8. The lowest BCUT2D eigenvalue weighted by Gasteiger charge is -2.27. The van der Waals surface area contributed by atoms with Crippen LogP contribution >= 0.6 is 0 Å². The molecule has 2 aromatic carbocycles. The number of tetrazole rings is 1. The summed E-state index contributed by atoms with van der Waals surface area (Å²) in [5.41, 5.74) is 4.54. The van der Waals surface area contributed by atoms with E-state index in [1.807, 2.05) is 22.9 Å². The first kappa shape index (κ1) is 24.7. The Hall–Kier alpha value is -3.43. The van der Waals surface area contributed by atoms with Crippen LogP contribution in [0.2, 0.25) is 0 Å². The molecule has 1 N–H and O–H groups in total. The van der Waals surface area contributed by atoms with Crippen LogP contribution in [0.15, 0.2) is 48.5 Å². The Morgan fingerprint density at radius 3 is 2.34 bits per heavy atom. The summed E-state index contributed by atoms with van der Waals surface area (Å²) in [6.45, 7) is 4.88. The Kier molecular flexibility index (Phi) is 7.99. The van der Waals surface area contributed by atoms with E-state index >= 15 is 0 Å². The lowest BCUT2D eigenvalue weighted by Crippen LogP contribution is -2.32. The number of H-pyrrole nitrogens is 1. The number of methoxy groups -OCH3 is 2. The van der Waals surface area contributed by atoms with Crippen LogP contribution < -0.4 is 0 Å². The molecule has 0 radical (unpaired) electrons. The van der Waals surface area contributed by atoms with Crippen molar-refractivity contribution in [3.63, 3.8) is 0 Å². The molecule has 0 saturated heterocycles. The third-order valence-corrected chi connectivity index (χ3v) is 6.17. The Balaban J connectivity index is 1.54. The van der Waals surface area contributed by atoms with E-state index in [0.717, 1.165) is 48.2 Å². The van der Waals surface area contributed by atoms with Crippen LogP contribution in [-0.4, -0.2) is 49.6 Å². The topological polar surface area (TPSA) is 104 Å². The standard InChI is InChI=1S/C26H33N7O2/c1-5-9-23-27-25(26(34-3,35-4)16-6-2)30-33(23)18-20-14-12-19(13-15-20)17-21-10-7-8-11-22(21)24-28-31-32-29-24/h7-8,10-15H,5-6,9,16-18H2,1-4H3,(H,28,29,31,32). The van der Waals surface area contributed by atoms with Gasteiger partial charge in [0.2, 0.25) is 11.6 Å². The molecule has 2 heterocycles. The molecule has 0 aliphatic rings. The van der Waals surface area contributed by atoms with Gasteiger partial charge in [0.1, 0.15) is 5.82 Å². The fourth-order valence-corrected chi connectivity index (χ4v) is 4.32. The molecule has 0 saturated carbocycles. The van der Waals surface area contributed by atoms with Crippen LogP contribution in [0.4, 0.5) is 0 Å². The van der Waals surface area contributed by atoms with E-state index in [9.17, 15) is 0 Å². The summed E-state index contributed by atoms with van der Waals surface area (Å²) in [6.07, 6.45) is 4.20. The van der Waals surface area contributed by atoms with Gasteiger partial charge in [0, 0.05) is 32.6 Å². The quantitative estimate of drug-likeness (QED) is 0.305. The Morgan fingerprint density at radius 1 is 0.943 bits per heavy atom. The van der Waals surface area contributed by atoms with E-state index in [1.54, 1.807) is 14.2 Å². The maximum absolute atomic E-state index is 5.74. The van der Waals surface area contributed by atoms with Gasteiger partial charge in [-0.05, 0) is 40.0 Å². The largest absolute Gasteiger partial charge is 0.347 e. The van der Waals surface area contributed by atoms with Gasteiger partial charge in [0.05, 0.1) is 6.54 Å². The molecule has 0 aliphatic heterocycles. The number of nitrogens with zero attached hydrogens (tertiary/aromatic N) is 6. The summed E-state index contributed by atoms with van der Waals surface area (Å²) < 4.78 is 13.5. The lowest BCUT2D eigenvalue weighted by atomic mass is 9.98. The average Bonchev–Trinajstić information content (AvgIpc) is 3.56. The SMILES string of the molecule is CCCc1nc(C(CCC)(OC)OC)nn1Cc1ccc(Cc2ccccc2-c2nnn[nH]2)cc1. The smallest absolute Gasteiger partial charge is 0.231 e. The molecule has 9 heteroatoms. The number of benzene rings is 2. The summed E-state index contributed by atoms with van der Waals surface area (Å²) in [5, 5.41) is 19.2. The summed E-state index contributed by atoms with van der Waals surface area (Å²) in [4.78, 5) is 4.82. The Morgan fingerprint density at radius 2 is 1.69 bits per heavy atom. The number of nitrogens with one attached hydrogen (secondary N) is 1. The molecule has 0 bridgehead atoms. The minimum absolute atomic E-state index is 0.586. The Labute approximate surface area is 205 Å². The van der Waals surface area contributed by atoms with E-state index in [4.69, 9.17) is 19.6 Å². The van der Waals surface area contributed by atoms with Crippen LogP contribution in [0.5, 0.6) is 0 Å². The number of hydrogen-bond acceptors (Lipinski definition) is 7. The number of hydrogen-bond donors (Lipinski definition) is 1. The second-order valence-corrected chi connectivity index (χ2v) is 8.57. The fraction of sp³-hybridized carbons (Fsp3) is 0.423. The minimum atomic E-state index is -0.918. The first-order chi connectivity index (χ1) is 17.1. The third-order valence-electron chi connectivity index (χ3n) is 6.17. The fourth-order valence-electron chi connectivity index (χ4n) is 4.32. The minimum Gasteiger partial charge on any atom is -0.347 e. The first-order valence-electron chi connectivity index (χ1n) is 12.1. The van der Waals surface area contributed by atoms with Crippen molar-refractivity contribution >= 4 is 0 Å². The highest BCUT2D eigenvalue weighted by Crippen LogP contribution is 2.29. The zero-order valence-electron chi connectivity index (χ0n) is 20.9. The van der Waals surface area contributed by atoms with E-state index < -0.39 is 5.79 Å². The first-order valence-corrected chi connectivity index (χ1v) is 12.1. The number of rotatable bonds is 12. The number of aryl methyl sites for hydroxylation is 1. The van der Waals surface area contributed by atoms with Crippen molar-refractivity contribution in [2.75, 3.05) is 14.2 Å². The van der Waals surface area contributed by atoms with Crippen molar-refractivity contribution in [2.45, 2.75) is 58.3 Å². The van der Waals surface area contributed by atoms with Crippen molar-refractivity contribution in [2.24, 2.45) is 0 Å². The zero-order chi connectivity index (χ0) is 24.7. The van der Waals surface area contributed by atoms with E-state index in [2.05, 4.69) is 64.8 Å². The highest BCUT2D eigenvalue weighted by atomic mass is 16.7. The summed E-state index contributed by atoms with van der Waals surface area (Å²) in [7, 11) is 3.30. The Bertz CT molecular complexity index is 1200. The highest BCUT2D eigenvalue weighted by Gasteiger charge is 2.36. The molecule has 2 aromatic heterocycles. The second-order valence-electron chi connectivity index (χ2n) is 8.57. The molecular formula is C26H33N7O2. The van der Waals surface area contributed by atoms with Crippen LogP contribution in [0.3, 0.4) is 0 Å². The third kappa shape index (κ3) is 5.47. The summed E-state index contributed by atoms with van der Waals surface area (Å²) in [6, 6.07) is 16.8. The predicted octanol–water partition coefficient (Wildman–Crippen LogP) is 4.30. The molecule has 0 atom stereocenters. The highest BCUT2D eigenvalue weighted by molar-refractivity contribution is 5.60. The monoisotopic (exact) mass is 475 g/mol. The van der Waals surface area contributed by atoms with Gasteiger partial charge in [-0.1, -0.05) is 68.8 Å². The van der Waals surface area contributed by atoms with E-state index in [1.165, 1.54) is 5.56 Å². The van der Waals surface area contributed by atoms with Gasteiger partial charge in [0.15, 0.2) is 5.82 Å². The maximum Gasteiger partial charge on any atom is 0.231 e. The van der Waals surface area contributed by atoms with Crippen LogP contribution in [0.25, 0.3) is 11.4 Å². The molecule has 0 fully saturated rings. The van der Waals surface area contributed by atoms with Crippen molar-refractivity contribution in [1.82, 2.24) is 35.4 Å². The predicted molar refractivity (Wildman–Crippen MR) is 133 cm³/mol. The molecule has 0 spiro atoms. The summed E-state index contributed by atoms with van der Waals surface area (Å²) in [5.74, 6) is 1.28. The molecule has 0 amide bonds. The maximum atomic E-state index is 5.74. The molecule has 184 valence electrons. The van der Waals surface area contributed by atoms with Gasteiger partial charge in [-0.15, -0.1) is 10.2 Å². The molecule has 4 aromatic rings. The molecule has 35 heavy (non-hydrogen) atoms. The molecular weight excluding hydrogens is 442 g/mol. The number of aromatic amines is 1. The number of aromatic nitrogens is 7. The molecule has 0 unspecified atom stereocenters. The van der Waals surface area contributed by atoms with Crippen LogP contribution in [0.1, 0.15) is 61.4 Å². The van der Waals surface area contributed by atoms with Crippen molar-refractivity contribution in [3.05, 3.63) is 76.9 Å². The van der Waals surface area contributed by atoms with Gasteiger partial charge in [-0.2, -0.15) is 0 Å². The van der Waals surface area contributed by atoms with Crippen LogP contribution in [-0.2, 0) is 34.6 Å². The van der Waals surface area contributed by atoms with E-state index in [0.29, 0.717) is 24.6 Å². The van der Waals surface area contributed by atoms with Crippen molar-refractivity contribution in [3.8, 4) is 11.4 Å². The second kappa shape index (κ2) is 11.3. The lowest BCUT2D eigenvalue weighted by molar-refractivity contribution is -0.225. The van der Waals surface area contributed by atoms with Gasteiger partial charge >= 0.3 is 0 Å². The molecule has 9 nitrogen and oxygen atoms in total. The summed E-state index contributed by atoms with van der Waals surface area (Å²) >= 11 is 0. The van der Waals surface area contributed by atoms with E-state index in [-0.39, 0.29) is 0 Å². The molecule has 4 rings (SSSR count).